The average molecular weight is 390 g/mol. The summed E-state index contributed by atoms with van der Waals surface area (Å²) in [4.78, 5) is 12.4. The first-order valence-corrected chi connectivity index (χ1v) is 8.15. The van der Waals surface area contributed by atoms with Gasteiger partial charge in [0.1, 0.15) is 5.75 Å². The molecule has 0 aliphatic heterocycles. The molecule has 25 heavy (non-hydrogen) atoms. The van der Waals surface area contributed by atoms with Crippen molar-refractivity contribution in [1.29, 1.82) is 0 Å². The van der Waals surface area contributed by atoms with Crippen LogP contribution >= 0.6 is 23.2 Å². The molecule has 0 heterocycles. The Morgan fingerprint density at radius 3 is 2.44 bits per heavy atom. The highest BCUT2D eigenvalue weighted by atomic mass is 35.5. The Labute approximate surface area is 153 Å². The average Bonchev–Trinajstić information content (AvgIpc) is 2.55. The van der Waals surface area contributed by atoms with Gasteiger partial charge < -0.3 is 14.8 Å². The zero-order chi connectivity index (χ0) is 18.4. The van der Waals surface area contributed by atoms with E-state index in [0.29, 0.717) is 12.4 Å². The van der Waals surface area contributed by atoms with Crippen molar-refractivity contribution < 1.29 is 23.0 Å². The fraction of sp³-hybridized carbons (Fsp3) is 0.235. The molecule has 0 aromatic heterocycles. The summed E-state index contributed by atoms with van der Waals surface area (Å²) in [6.07, 6.45) is 0.774. The molecule has 2 rings (SSSR count). The molecular weight excluding hydrogens is 375 g/mol. The summed E-state index contributed by atoms with van der Waals surface area (Å²) in [6.45, 7) is -0.636. The summed E-state index contributed by atoms with van der Waals surface area (Å²) in [5.41, 5.74) is 0.261. The van der Waals surface area contributed by atoms with Gasteiger partial charge in [0.05, 0.1) is 22.3 Å². The molecular formula is C17H15Cl2F2NO3. The largest absolute Gasteiger partial charge is 0.490 e. The molecule has 0 atom stereocenters. The van der Waals surface area contributed by atoms with Crippen LogP contribution in [0.25, 0.3) is 0 Å². The molecule has 1 N–H and O–H groups in total. The van der Waals surface area contributed by atoms with Crippen LogP contribution in [0.3, 0.4) is 0 Å². The van der Waals surface area contributed by atoms with Crippen molar-refractivity contribution in [2.75, 3.05) is 11.9 Å². The van der Waals surface area contributed by atoms with Crippen molar-refractivity contribution in [3.63, 3.8) is 0 Å². The van der Waals surface area contributed by atoms with E-state index in [4.69, 9.17) is 27.9 Å². The number of anilines is 1. The highest BCUT2D eigenvalue weighted by Gasteiger charge is 2.16. The minimum Gasteiger partial charge on any atom is -0.490 e. The number of carbonyl (C=O) groups is 1. The van der Waals surface area contributed by atoms with E-state index in [1.165, 1.54) is 30.3 Å². The Hall–Kier alpha value is -2.05. The second kappa shape index (κ2) is 8.87. The molecule has 8 heteroatoms. The smallest absolute Gasteiger partial charge is 0.387 e. The number of hydrogen-bond donors (Lipinski definition) is 1. The molecule has 0 bridgehead atoms. The van der Waals surface area contributed by atoms with Gasteiger partial charge in [0.25, 0.3) is 5.91 Å². The zero-order valence-corrected chi connectivity index (χ0v) is 14.7. The van der Waals surface area contributed by atoms with Crippen molar-refractivity contribution in [2.24, 2.45) is 0 Å². The van der Waals surface area contributed by atoms with Gasteiger partial charge in [-0.3, -0.25) is 4.79 Å². The van der Waals surface area contributed by atoms with E-state index in [0.717, 1.165) is 6.42 Å². The summed E-state index contributed by atoms with van der Waals surface area (Å²) >= 11 is 12.2. The van der Waals surface area contributed by atoms with Gasteiger partial charge in [-0.15, -0.1) is 0 Å². The summed E-state index contributed by atoms with van der Waals surface area (Å²) in [5.74, 6) is -0.426. The Kier molecular flexibility index (Phi) is 6.84. The predicted molar refractivity (Wildman–Crippen MR) is 93.3 cm³/mol. The van der Waals surface area contributed by atoms with Crippen LogP contribution in [0.2, 0.25) is 10.0 Å². The number of nitrogens with one attached hydrogen (secondary N) is 1. The molecule has 2 aromatic rings. The fourth-order valence-corrected chi connectivity index (χ4v) is 2.59. The number of alkyl halides is 2. The van der Waals surface area contributed by atoms with Crippen LogP contribution in [0.1, 0.15) is 23.7 Å². The third-order valence-corrected chi connectivity index (χ3v) is 3.62. The van der Waals surface area contributed by atoms with Gasteiger partial charge >= 0.3 is 6.61 Å². The Morgan fingerprint density at radius 1 is 1.20 bits per heavy atom. The molecule has 4 nitrogen and oxygen atoms in total. The summed E-state index contributed by atoms with van der Waals surface area (Å²) in [6, 6.07) is 8.65. The summed E-state index contributed by atoms with van der Waals surface area (Å²) in [5, 5.41) is 2.86. The van der Waals surface area contributed by atoms with Crippen LogP contribution in [0.5, 0.6) is 11.5 Å². The van der Waals surface area contributed by atoms with Crippen LogP contribution in [0.4, 0.5) is 14.5 Å². The Balaban J connectivity index is 2.22. The lowest BCUT2D eigenvalue weighted by Crippen LogP contribution is -2.14. The molecule has 134 valence electrons. The van der Waals surface area contributed by atoms with Gasteiger partial charge in [-0.25, -0.2) is 0 Å². The van der Waals surface area contributed by atoms with E-state index in [-0.39, 0.29) is 27.0 Å². The van der Waals surface area contributed by atoms with Crippen LogP contribution < -0.4 is 14.8 Å². The van der Waals surface area contributed by atoms with E-state index in [9.17, 15) is 13.6 Å². The standard InChI is InChI=1S/C17H15Cl2F2NO3/c1-2-7-24-15-11(18)8-10(9-12(15)19)16(23)22-13-5-3-4-6-14(13)25-17(20)21/h3-6,8-9,17H,2,7H2,1H3,(H,22,23). The molecule has 0 aliphatic carbocycles. The maximum absolute atomic E-state index is 12.4. The van der Waals surface area contributed by atoms with E-state index < -0.39 is 12.5 Å². The van der Waals surface area contributed by atoms with E-state index in [1.54, 1.807) is 6.07 Å². The van der Waals surface area contributed by atoms with Crippen LogP contribution in [0.15, 0.2) is 36.4 Å². The molecule has 2 aromatic carbocycles. The van der Waals surface area contributed by atoms with E-state index in [1.807, 2.05) is 6.92 Å². The van der Waals surface area contributed by atoms with Crippen molar-refractivity contribution in [1.82, 2.24) is 0 Å². The number of benzene rings is 2. The lowest BCUT2D eigenvalue weighted by Gasteiger charge is -2.13. The van der Waals surface area contributed by atoms with Gasteiger partial charge in [0.15, 0.2) is 5.75 Å². The first-order valence-electron chi connectivity index (χ1n) is 7.39. The van der Waals surface area contributed by atoms with Crippen LogP contribution in [-0.2, 0) is 0 Å². The molecule has 0 saturated heterocycles. The quantitative estimate of drug-likeness (QED) is 0.666. The number of hydrogen-bond acceptors (Lipinski definition) is 3. The lowest BCUT2D eigenvalue weighted by molar-refractivity contribution is -0.0493. The molecule has 0 aliphatic rings. The van der Waals surface area contributed by atoms with Crippen LogP contribution in [0, 0.1) is 0 Å². The number of ether oxygens (including phenoxy) is 2. The Morgan fingerprint density at radius 2 is 1.84 bits per heavy atom. The zero-order valence-electron chi connectivity index (χ0n) is 13.2. The van der Waals surface area contributed by atoms with Gasteiger partial charge in [0, 0.05) is 5.56 Å². The second-order valence-corrected chi connectivity index (χ2v) is 5.76. The maximum atomic E-state index is 12.4. The third-order valence-electron chi connectivity index (χ3n) is 3.06. The summed E-state index contributed by atoms with van der Waals surface area (Å²) < 4.78 is 34.7. The minimum absolute atomic E-state index is 0.103. The lowest BCUT2D eigenvalue weighted by atomic mass is 10.2. The van der Waals surface area contributed by atoms with E-state index in [2.05, 4.69) is 10.1 Å². The van der Waals surface area contributed by atoms with Gasteiger partial charge in [-0.05, 0) is 30.7 Å². The van der Waals surface area contributed by atoms with Gasteiger partial charge in [0.2, 0.25) is 0 Å². The maximum Gasteiger partial charge on any atom is 0.387 e. The molecule has 0 unspecified atom stereocenters. The minimum atomic E-state index is -3.00. The SMILES string of the molecule is CCCOc1c(Cl)cc(C(=O)Nc2ccccc2OC(F)F)cc1Cl. The van der Waals surface area contributed by atoms with Crippen molar-refractivity contribution in [2.45, 2.75) is 20.0 Å². The number of carbonyl (C=O) groups excluding carboxylic acids is 1. The fourth-order valence-electron chi connectivity index (χ4n) is 2.00. The normalized spacial score (nSPS) is 10.6. The number of amides is 1. The molecule has 1 amide bonds. The first-order chi connectivity index (χ1) is 11.9. The first kappa shape index (κ1) is 19.3. The van der Waals surface area contributed by atoms with E-state index >= 15 is 0 Å². The number of halogens is 4. The van der Waals surface area contributed by atoms with Crippen molar-refractivity contribution in [3.8, 4) is 11.5 Å². The second-order valence-electron chi connectivity index (χ2n) is 4.95. The monoisotopic (exact) mass is 389 g/mol. The van der Waals surface area contributed by atoms with Gasteiger partial charge in [-0.1, -0.05) is 42.3 Å². The highest BCUT2D eigenvalue weighted by Crippen LogP contribution is 2.35. The number of rotatable bonds is 7. The molecule has 0 saturated carbocycles. The van der Waals surface area contributed by atoms with Gasteiger partial charge in [-0.2, -0.15) is 8.78 Å². The predicted octanol–water partition coefficient (Wildman–Crippen LogP) is 5.64. The molecule has 0 fully saturated rings. The number of para-hydroxylation sites is 2. The van der Waals surface area contributed by atoms with Crippen LogP contribution in [-0.4, -0.2) is 19.1 Å². The molecule has 0 radical (unpaired) electrons. The van der Waals surface area contributed by atoms with Crippen molar-refractivity contribution >= 4 is 34.8 Å². The van der Waals surface area contributed by atoms with Crippen molar-refractivity contribution in [3.05, 3.63) is 52.0 Å². The topological polar surface area (TPSA) is 47.6 Å². The third kappa shape index (κ3) is 5.21. The highest BCUT2D eigenvalue weighted by molar-refractivity contribution is 6.37. The molecule has 0 spiro atoms. The Bertz CT molecular complexity index is 733. The summed E-state index contributed by atoms with van der Waals surface area (Å²) in [7, 11) is 0.